The Bertz CT molecular complexity index is 500. The highest BCUT2D eigenvalue weighted by Crippen LogP contribution is 2.40. The molecule has 0 radical (unpaired) electrons. The molecule has 2 N–H and O–H groups in total. The van der Waals surface area contributed by atoms with Crippen LogP contribution in [0.3, 0.4) is 0 Å². The zero-order valence-electron chi connectivity index (χ0n) is 8.01. The van der Waals surface area contributed by atoms with E-state index >= 15 is 0 Å². The maximum atomic E-state index is 8.95. The molecule has 1 atom stereocenters. The molecule has 1 aromatic rings. The minimum Gasteiger partial charge on any atom is -0.411 e. The fourth-order valence-electron chi connectivity index (χ4n) is 2.15. The van der Waals surface area contributed by atoms with E-state index in [9.17, 15) is 0 Å². The van der Waals surface area contributed by atoms with Gasteiger partial charge in [0.2, 0.25) is 0 Å². The average Bonchev–Trinajstić information content (AvgIpc) is 2.67. The van der Waals surface area contributed by atoms with Gasteiger partial charge in [-0.1, -0.05) is 29.4 Å². The van der Waals surface area contributed by atoms with E-state index in [0.717, 1.165) is 11.4 Å². The lowest BCUT2D eigenvalue weighted by Crippen LogP contribution is -2.13. The van der Waals surface area contributed by atoms with Crippen LogP contribution in [0.2, 0.25) is 0 Å². The first-order chi connectivity index (χ1) is 7.40. The fourth-order valence-corrected chi connectivity index (χ4v) is 2.15. The third-order valence-electron chi connectivity index (χ3n) is 2.82. The molecule has 1 unspecified atom stereocenters. The second kappa shape index (κ2) is 2.98. The normalized spacial score (nSPS) is 24.4. The van der Waals surface area contributed by atoms with Gasteiger partial charge < -0.3 is 10.5 Å². The molecular weight excluding hydrogens is 188 g/mol. The summed E-state index contributed by atoms with van der Waals surface area (Å²) in [6.45, 7) is 0. The van der Waals surface area contributed by atoms with Crippen molar-refractivity contribution >= 4 is 11.4 Å². The minimum absolute atomic E-state index is 0.0659. The second-order valence-corrected chi connectivity index (χ2v) is 3.65. The van der Waals surface area contributed by atoms with Crippen LogP contribution in [0.1, 0.15) is 11.5 Å². The quantitative estimate of drug-likeness (QED) is 0.497. The predicted octanol–water partition coefficient (Wildman–Crippen LogP) is 2.48. The van der Waals surface area contributed by atoms with Crippen LogP contribution in [0.15, 0.2) is 53.3 Å². The Morgan fingerprint density at radius 3 is 3.00 bits per heavy atom. The molecule has 0 fully saturated rings. The van der Waals surface area contributed by atoms with E-state index in [1.54, 1.807) is 0 Å². The molecule has 0 bridgehead atoms. The molecule has 1 aliphatic carbocycles. The highest BCUT2D eigenvalue weighted by Gasteiger charge is 2.31. The first-order valence-corrected chi connectivity index (χ1v) is 4.86. The largest absolute Gasteiger partial charge is 0.411 e. The van der Waals surface area contributed by atoms with Crippen LogP contribution < -0.4 is 5.32 Å². The van der Waals surface area contributed by atoms with Crippen molar-refractivity contribution in [1.29, 1.82) is 0 Å². The van der Waals surface area contributed by atoms with Crippen molar-refractivity contribution in [2.75, 3.05) is 5.32 Å². The first-order valence-electron chi connectivity index (χ1n) is 4.86. The molecule has 1 heterocycles. The Morgan fingerprint density at radius 1 is 1.27 bits per heavy atom. The second-order valence-electron chi connectivity index (χ2n) is 3.65. The third-order valence-corrected chi connectivity index (χ3v) is 2.82. The van der Waals surface area contributed by atoms with Crippen molar-refractivity contribution in [3.8, 4) is 0 Å². The molecule has 3 rings (SSSR count). The summed E-state index contributed by atoms with van der Waals surface area (Å²) in [6.07, 6.45) is 5.73. The van der Waals surface area contributed by atoms with Gasteiger partial charge in [0, 0.05) is 11.4 Å². The number of hydrogen-bond donors (Lipinski definition) is 2. The Labute approximate surface area is 87.4 Å². The van der Waals surface area contributed by atoms with Gasteiger partial charge in [-0.2, -0.15) is 0 Å². The van der Waals surface area contributed by atoms with Crippen molar-refractivity contribution in [3.63, 3.8) is 0 Å². The van der Waals surface area contributed by atoms with Gasteiger partial charge in [0.25, 0.3) is 0 Å². The Hall–Kier alpha value is -2.03. The average molecular weight is 198 g/mol. The number of nitrogens with zero attached hydrogens (tertiary/aromatic N) is 1. The summed E-state index contributed by atoms with van der Waals surface area (Å²) >= 11 is 0. The summed E-state index contributed by atoms with van der Waals surface area (Å²) in [7, 11) is 0. The third kappa shape index (κ3) is 1.09. The maximum absolute atomic E-state index is 8.95. The topological polar surface area (TPSA) is 44.6 Å². The smallest absolute Gasteiger partial charge is 0.0930 e. The molecule has 3 heteroatoms. The summed E-state index contributed by atoms with van der Waals surface area (Å²) in [4.78, 5) is 0. The van der Waals surface area contributed by atoms with E-state index in [4.69, 9.17) is 5.21 Å². The van der Waals surface area contributed by atoms with E-state index in [0.29, 0.717) is 5.71 Å². The van der Waals surface area contributed by atoms with Crippen molar-refractivity contribution in [3.05, 3.63) is 53.8 Å². The van der Waals surface area contributed by atoms with Gasteiger partial charge in [0.05, 0.1) is 11.6 Å². The number of fused-ring (bicyclic) bond motifs is 3. The number of nitrogens with one attached hydrogen (secondary N) is 1. The van der Waals surface area contributed by atoms with Gasteiger partial charge in [-0.25, -0.2) is 0 Å². The highest BCUT2D eigenvalue weighted by molar-refractivity contribution is 6.06. The lowest BCUT2D eigenvalue weighted by Gasteiger charge is -2.14. The van der Waals surface area contributed by atoms with Gasteiger partial charge in [-0.05, 0) is 23.8 Å². The van der Waals surface area contributed by atoms with Gasteiger partial charge in [-0.3, -0.25) is 0 Å². The lowest BCUT2D eigenvalue weighted by molar-refractivity contribution is 0.318. The minimum atomic E-state index is 0.0659. The summed E-state index contributed by atoms with van der Waals surface area (Å²) in [5, 5.41) is 15.6. The molecule has 0 amide bonds. The number of hydrogen-bond acceptors (Lipinski definition) is 3. The van der Waals surface area contributed by atoms with Gasteiger partial charge in [-0.15, -0.1) is 0 Å². The van der Waals surface area contributed by atoms with Crippen LogP contribution in [0.25, 0.3) is 0 Å². The maximum Gasteiger partial charge on any atom is 0.0930 e. The van der Waals surface area contributed by atoms with Crippen molar-refractivity contribution in [2.45, 2.75) is 5.92 Å². The summed E-state index contributed by atoms with van der Waals surface area (Å²) in [5.74, 6) is 0.0659. The van der Waals surface area contributed by atoms with E-state index in [1.807, 2.05) is 36.4 Å². The molecular formula is C12H10N2O. The molecule has 15 heavy (non-hydrogen) atoms. The van der Waals surface area contributed by atoms with Gasteiger partial charge in [0.1, 0.15) is 0 Å². The summed E-state index contributed by atoms with van der Waals surface area (Å²) < 4.78 is 0. The van der Waals surface area contributed by atoms with Crippen molar-refractivity contribution in [2.24, 2.45) is 5.16 Å². The number of para-hydroxylation sites is 1. The Balaban J connectivity index is 2.18. The predicted molar refractivity (Wildman–Crippen MR) is 59.3 cm³/mol. The van der Waals surface area contributed by atoms with E-state index in [1.165, 1.54) is 5.56 Å². The summed E-state index contributed by atoms with van der Waals surface area (Å²) in [6, 6.07) is 8.07. The van der Waals surface area contributed by atoms with Crippen LogP contribution in [0.4, 0.5) is 5.69 Å². The van der Waals surface area contributed by atoms with Crippen LogP contribution in [-0.4, -0.2) is 10.9 Å². The zero-order chi connectivity index (χ0) is 10.3. The van der Waals surface area contributed by atoms with Crippen LogP contribution in [0, 0.1) is 0 Å². The molecule has 0 spiro atoms. The molecule has 1 aromatic carbocycles. The van der Waals surface area contributed by atoms with Crippen molar-refractivity contribution < 1.29 is 5.21 Å². The molecule has 74 valence electrons. The number of anilines is 1. The Kier molecular flexibility index (Phi) is 1.65. The number of allylic oxidation sites excluding steroid dienone is 4. The fraction of sp³-hybridized carbons (Fsp3) is 0.0833. The SMILES string of the molecule is ON=C1C=CC=C2Nc3ccccc3C21. The number of oxime groups is 1. The van der Waals surface area contributed by atoms with Gasteiger partial charge >= 0.3 is 0 Å². The monoisotopic (exact) mass is 198 g/mol. The lowest BCUT2D eigenvalue weighted by atomic mass is 9.90. The Morgan fingerprint density at radius 2 is 2.13 bits per heavy atom. The zero-order valence-corrected chi connectivity index (χ0v) is 8.01. The highest BCUT2D eigenvalue weighted by atomic mass is 16.4. The van der Waals surface area contributed by atoms with Crippen LogP contribution >= 0.6 is 0 Å². The van der Waals surface area contributed by atoms with E-state index in [-0.39, 0.29) is 5.92 Å². The standard InChI is InChI=1S/C12H10N2O/c15-14-11-7-3-6-10-12(11)8-4-1-2-5-9(8)13-10/h1-7,12-13,15H. The van der Waals surface area contributed by atoms with E-state index < -0.39 is 0 Å². The van der Waals surface area contributed by atoms with Crippen LogP contribution in [0.5, 0.6) is 0 Å². The first kappa shape index (κ1) is 8.29. The molecule has 0 saturated carbocycles. The van der Waals surface area contributed by atoms with Crippen LogP contribution in [-0.2, 0) is 0 Å². The van der Waals surface area contributed by atoms with Crippen molar-refractivity contribution in [1.82, 2.24) is 0 Å². The van der Waals surface area contributed by atoms with E-state index in [2.05, 4.69) is 16.5 Å². The molecule has 3 nitrogen and oxygen atoms in total. The summed E-state index contributed by atoms with van der Waals surface area (Å²) in [5.41, 5.74) is 4.02. The molecule has 0 aromatic heterocycles. The molecule has 0 saturated heterocycles. The van der Waals surface area contributed by atoms with Gasteiger partial charge in [0.15, 0.2) is 0 Å². The number of benzene rings is 1. The molecule has 2 aliphatic rings. The number of rotatable bonds is 0. The molecule has 1 aliphatic heterocycles.